The molecule has 0 atom stereocenters. The van der Waals surface area contributed by atoms with E-state index in [4.69, 9.17) is 15.6 Å². The number of carboxylic acids is 1. The molecule has 0 fully saturated rings. The van der Waals surface area contributed by atoms with Gasteiger partial charge >= 0.3 is 5.97 Å². The molecule has 5 nitrogen and oxygen atoms in total. The van der Waals surface area contributed by atoms with Crippen molar-refractivity contribution in [2.45, 2.75) is 6.61 Å². The van der Waals surface area contributed by atoms with E-state index < -0.39 is 5.97 Å². The maximum absolute atomic E-state index is 11.2. The van der Waals surface area contributed by atoms with Crippen molar-refractivity contribution < 1.29 is 14.6 Å². The van der Waals surface area contributed by atoms with E-state index in [0.717, 1.165) is 15.2 Å². The maximum Gasteiger partial charge on any atom is 0.339 e. The minimum atomic E-state index is -1.05. The predicted molar refractivity (Wildman–Crippen MR) is 81.8 cm³/mol. The Morgan fingerprint density at radius 3 is 2.86 bits per heavy atom. The molecule has 0 saturated heterocycles. The van der Waals surface area contributed by atoms with Gasteiger partial charge in [0.15, 0.2) is 0 Å². The van der Waals surface area contributed by atoms with Crippen molar-refractivity contribution in [2.24, 2.45) is 0 Å². The number of anilines is 1. The summed E-state index contributed by atoms with van der Waals surface area (Å²) in [5.41, 5.74) is 7.13. The summed E-state index contributed by atoms with van der Waals surface area (Å²) in [7, 11) is 0. The molecule has 3 rings (SSSR count). The van der Waals surface area contributed by atoms with Gasteiger partial charge in [-0.25, -0.2) is 9.78 Å². The summed E-state index contributed by atoms with van der Waals surface area (Å²) in [6.45, 7) is 0.211. The molecule has 3 aromatic rings. The first-order valence-electron chi connectivity index (χ1n) is 6.23. The van der Waals surface area contributed by atoms with Crippen molar-refractivity contribution in [1.29, 1.82) is 0 Å². The summed E-state index contributed by atoms with van der Waals surface area (Å²) < 4.78 is 6.65. The van der Waals surface area contributed by atoms with Crippen LogP contribution in [0.25, 0.3) is 10.2 Å². The molecule has 0 aliphatic heterocycles. The van der Waals surface area contributed by atoms with Crippen LogP contribution < -0.4 is 10.5 Å². The number of rotatable bonds is 4. The van der Waals surface area contributed by atoms with E-state index in [1.165, 1.54) is 29.5 Å². The lowest BCUT2D eigenvalue weighted by Crippen LogP contribution is -2.04. The quantitative estimate of drug-likeness (QED) is 0.723. The van der Waals surface area contributed by atoms with Crippen molar-refractivity contribution in [2.75, 3.05) is 5.73 Å². The lowest BCUT2D eigenvalue weighted by molar-refractivity contribution is 0.0692. The van der Waals surface area contributed by atoms with E-state index in [1.807, 2.05) is 24.3 Å². The van der Waals surface area contributed by atoms with Crippen LogP contribution in [0.5, 0.6) is 5.75 Å². The number of thiazole rings is 1. The minimum absolute atomic E-state index is 0.0883. The predicted octanol–water partition coefficient (Wildman–Crippen LogP) is 3.16. The zero-order valence-corrected chi connectivity index (χ0v) is 11.8. The molecule has 0 saturated carbocycles. The second-order valence-corrected chi connectivity index (χ2v) is 5.54. The van der Waals surface area contributed by atoms with Crippen LogP contribution in [0.15, 0.2) is 42.5 Å². The molecule has 21 heavy (non-hydrogen) atoms. The van der Waals surface area contributed by atoms with E-state index in [-0.39, 0.29) is 17.9 Å². The first kappa shape index (κ1) is 13.4. The highest BCUT2D eigenvalue weighted by Crippen LogP contribution is 2.26. The summed E-state index contributed by atoms with van der Waals surface area (Å²) in [6.07, 6.45) is 0. The number of benzene rings is 2. The molecule has 3 N–H and O–H groups in total. The zero-order chi connectivity index (χ0) is 14.8. The van der Waals surface area contributed by atoms with Gasteiger partial charge in [0.1, 0.15) is 22.9 Å². The van der Waals surface area contributed by atoms with Crippen LogP contribution in [0, 0.1) is 0 Å². The van der Waals surface area contributed by atoms with Gasteiger partial charge in [0, 0.05) is 11.8 Å². The number of nitrogens with two attached hydrogens (primary N) is 1. The van der Waals surface area contributed by atoms with Crippen molar-refractivity contribution in [3.8, 4) is 5.75 Å². The zero-order valence-electron chi connectivity index (χ0n) is 10.9. The van der Waals surface area contributed by atoms with Gasteiger partial charge in [-0.05, 0) is 24.3 Å². The molecule has 1 aromatic heterocycles. The molecule has 106 valence electrons. The lowest BCUT2D eigenvalue weighted by atomic mass is 10.2. The Morgan fingerprint density at radius 1 is 1.29 bits per heavy atom. The Balaban J connectivity index is 1.84. The van der Waals surface area contributed by atoms with Crippen LogP contribution in [0.4, 0.5) is 5.69 Å². The summed E-state index contributed by atoms with van der Waals surface area (Å²) in [5.74, 6) is -0.795. The Kier molecular flexibility index (Phi) is 3.45. The van der Waals surface area contributed by atoms with E-state index in [2.05, 4.69) is 4.98 Å². The number of nitrogen functional groups attached to an aromatic ring is 1. The van der Waals surface area contributed by atoms with Gasteiger partial charge in [-0.3, -0.25) is 0 Å². The van der Waals surface area contributed by atoms with Gasteiger partial charge in [-0.2, -0.15) is 0 Å². The first-order valence-corrected chi connectivity index (χ1v) is 7.05. The van der Waals surface area contributed by atoms with E-state index in [9.17, 15) is 4.79 Å². The molecular formula is C15H12N2O3S. The third-order valence-electron chi connectivity index (χ3n) is 2.93. The minimum Gasteiger partial charge on any atom is -0.485 e. The highest BCUT2D eigenvalue weighted by molar-refractivity contribution is 7.18. The average Bonchev–Trinajstić information content (AvgIpc) is 2.87. The molecular weight excluding hydrogens is 288 g/mol. The summed E-state index contributed by atoms with van der Waals surface area (Å²) in [6, 6.07) is 12.3. The monoisotopic (exact) mass is 300 g/mol. The molecule has 0 bridgehead atoms. The summed E-state index contributed by atoms with van der Waals surface area (Å²) in [5, 5.41) is 9.92. The second kappa shape index (κ2) is 5.41. The molecule has 0 radical (unpaired) electrons. The van der Waals surface area contributed by atoms with Crippen molar-refractivity contribution in [3.63, 3.8) is 0 Å². The molecule has 0 aliphatic rings. The highest BCUT2D eigenvalue weighted by Gasteiger charge is 2.12. The van der Waals surface area contributed by atoms with Crippen molar-refractivity contribution in [3.05, 3.63) is 53.0 Å². The summed E-state index contributed by atoms with van der Waals surface area (Å²) >= 11 is 1.52. The van der Waals surface area contributed by atoms with Crippen LogP contribution in [-0.4, -0.2) is 16.1 Å². The molecule has 0 aliphatic carbocycles. The first-order chi connectivity index (χ1) is 10.1. The van der Waals surface area contributed by atoms with Crippen molar-refractivity contribution >= 4 is 33.2 Å². The number of aromatic nitrogens is 1. The van der Waals surface area contributed by atoms with Crippen LogP contribution in [-0.2, 0) is 6.61 Å². The summed E-state index contributed by atoms with van der Waals surface area (Å²) in [4.78, 5) is 15.6. The van der Waals surface area contributed by atoms with Gasteiger partial charge in [-0.15, -0.1) is 11.3 Å². The normalized spacial score (nSPS) is 10.7. The number of para-hydroxylation sites is 1. The van der Waals surface area contributed by atoms with Crippen LogP contribution in [0.2, 0.25) is 0 Å². The lowest BCUT2D eigenvalue weighted by Gasteiger charge is -2.08. The Labute approximate surface area is 124 Å². The molecule has 0 unspecified atom stereocenters. The Morgan fingerprint density at radius 2 is 2.10 bits per heavy atom. The average molecular weight is 300 g/mol. The second-order valence-electron chi connectivity index (χ2n) is 4.42. The fourth-order valence-electron chi connectivity index (χ4n) is 1.96. The number of hydrogen-bond donors (Lipinski definition) is 2. The maximum atomic E-state index is 11.2. The van der Waals surface area contributed by atoms with Gasteiger partial charge in [0.25, 0.3) is 0 Å². The van der Waals surface area contributed by atoms with Crippen molar-refractivity contribution in [1.82, 2.24) is 4.98 Å². The smallest absolute Gasteiger partial charge is 0.339 e. The topological polar surface area (TPSA) is 85.4 Å². The van der Waals surface area contributed by atoms with E-state index in [1.54, 1.807) is 0 Å². The molecule has 1 heterocycles. The van der Waals surface area contributed by atoms with Gasteiger partial charge < -0.3 is 15.6 Å². The van der Waals surface area contributed by atoms with E-state index in [0.29, 0.717) is 5.69 Å². The van der Waals surface area contributed by atoms with E-state index >= 15 is 0 Å². The number of nitrogens with zero attached hydrogens (tertiary/aromatic N) is 1. The van der Waals surface area contributed by atoms with Gasteiger partial charge in [0.2, 0.25) is 0 Å². The van der Waals surface area contributed by atoms with Crippen LogP contribution in [0.3, 0.4) is 0 Å². The third-order valence-corrected chi connectivity index (χ3v) is 3.94. The third kappa shape index (κ3) is 2.80. The Bertz CT molecular complexity index is 781. The molecule has 0 amide bonds. The highest BCUT2D eigenvalue weighted by atomic mass is 32.1. The standard InChI is InChI=1S/C15H12N2O3S/c16-9-5-6-10(15(18)19)12(7-9)20-8-14-17-11-3-1-2-4-13(11)21-14/h1-7H,8,16H2,(H,18,19). The van der Waals surface area contributed by atoms with Gasteiger partial charge in [0.05, 0.1) is 10.2 Å². The number of carboxylic acid groups (broad SMARTS) is 1. The molecule has 0 spiro atoms. The fraction of sp³-hybridized carbons (Fsp3) is 0.0667. The molecule has 6 heteroatoms. The largest absolute Gasteiger partial charge is 0.485 e. The fourth-order valence-corrected chi connectivity index (χ4v) is 2.84. The SMILES string of the molecule is Nc1ccc(C(=O)O)c(OCc2nc3ccccc3s2)c1. The van der Waals surface area contributed by atoms with Crippen LogP contribution in [0.1, 0.15) is 15.4 Å². The number of hydrogen-bond acceptors (Lipinski definition) is 5. The number of ether oxygens (including phenoxy) is 1. The van der Waals surface area contributed by atoms with Gasteiger partial charge in [-0.1, -0.05) is 12.1 Å². The Hall–Kier alpha value is -2.60. The number of aromatic carboxylic acids is 1. The number of fused-ring (bicyclic) bond motifs is 1. The molecule has 2 aromatic carbocycles. The van der Waals surface area contributed by atoms with Crippen LogP contribution >= 0.6 is 11.3 Å². The number of carbonyl (C=O) groups is 1.